The second-order valence-electron chi connectivity index (χ2n) is 12.1. The molecule has 0 unspecified atom stereocenters. The molecule has 6 aromatic rings. The van der Waals surface area contributed by atoms with Crippen molar-refractivity contribution in [3.05, 3.63) is 160 Å². The SMILES string of the molecule is Cc1cccc(CNc2ccc(O)cc2O)c1.Oc1ccc(NCc2c(F)cccc2Cl)c(O)c1.Oc1ccc(NCc2cccc(C(F)(F)F)c2)c(O)c1. The Morgan fingerprint density at radius 2 is 0.964 bits per heavy atom. The molecule has 0 saturated heterocycles. The summed E-state index contributed by atoms with van der Waals surface area (Å²) in [5, 5.41) is 65.3. The maximum Gasteiger partial charge on any atom is 0.416 e. The van der Waals surface area contributed by atoms with Crippen LogP contribution in [0, 0.1) is 12.7 Å². The van der Waals surface area contributed by atoms with Crippen LogP contribution in [-0.4, -0.2) is 30.6 Å². The van der Waals surface area contributed by atoms with E-state index in [1.54, 1.807) is 18.2 Å². The summed E-state index contributed by atoms with van der Waals surface area (Å²) in [6.45, 7) is 2.95. The number of aryl methyl sites for hydroxylation is 1. The molecule has 0 fully saturated rings. The van der Waals surface area contributed by atoms with Crippen molar-refractivity contribution in [1.29, 1.82) is 0 Å². The van der Waals surface area contributed by atoms with Gasteiger partial charge in [0.15, 0.2) is 0 Å². The monoisotopic (exact) mass is 779 g/mol. The Kier molecular flexibility index (Phi) is 14.3. The number of alkyl halides is 3. The van der Waals surface area contributed by atoms with Gasteiger partial charge in [0.1, 0.15) is 40.3 Å². The molecule has 288 valence electrons. The van der Waals surface area contributed by atoms with Crippen LogP contribution < -0.4 is 16.0 Å². The van der Waals surface area contributed by atoms with Crippen LogP contribution in [-0.2, 0) is 25.8 Å². The van der Waals surface area contributed by atoms with Crippen LogP contribution in [0.1, 0.15) is 27.8 Å². The van der Waals surface area contributed by atoms with E-state index in [2.05, 4.69) is 22.0 Å². The number of halogens is 5. The van der Waals surface area contributed by atoms with Gasteiger partial charge >= 0.3 is 6.18 Å². The van der Waals surface area contributed by atoms with Crippen LogP contribution in [0.15, 0.2) is 121 Å². The van der Waals surface area contributed by atoms with Gasteiger partial charge in [-0.3, -0.25) is 0 Å². The van der Waals surface area contributed by atoms with Crippen molar-refractivity contribution in [2.45, 2.75) is 32.7 Å². The van der Waals surface area contributed by atoms with Gasteiger partial charge in [0, 0.05) is 48.4 Å². The molecule has 0 spiro atoms. The third kappa shape index (κ3) is 12.9. The van der Waals surface area contributed by atoms with Crippen LogP contribution >= 0.6 is 11.6 Å². The molecule has 9 nitrogen and oxygen atoms in total. The first kappa shape index (κ1) is 41.3. The normalized spacial score (nSPS) is 10.7. The minimum absolute atomic E-state index is 0.0398. The van der Waals surface area contributed by atoms with E-state index in [4.69, 9.17) is 21.8 Å². The molecule has 0 aliphatic carbocycles. The second-order valence-corrected chi connectivity index (χ2v) is 12.5. The lowest BCUT2D eigenvalue weighted by Crippen LogP contribution is -2.06. The molecule has 6 aromatic carbocycles. The molecule has 9 N–H and O–H groups in total. The van der Waals surface area contributed by atoms with Gasteiger partial charge in [-0.05, 0) is 78.7 Å². The summed E-state index contributed by atoms with van der Waals surface area (Å²) in [4.78, 5) is 0. The molecule has 55 heavy (non-hydrogen) atoms. The molecule has 0 amide bonds. The zero-order valence-electron chi connectivity index (χ0n) is 29.2. The smallest absolute Gasteiger partial charge is 0.416 e. The van der Waals surface area contributed by atoms with Crippen molar-refractivity contribution in [1.82, 2.24) is 0 Å². The van der Waals surface area contributed by atoms with Crippen LogP contribution in [0.5, 0.6) is 34.5 Å². The third-order valence-electron chi connectivity index (χ3n) is 7.76. The molecule has 0 radical (unpaired) electrons. The van der Waals surface area contributed by atoms with E-state index in [0.717, 1.165) is 23.8 Å². The van der Waals surface area contributed by atoms with Crippen LogP contribution in [0.2, 0.25) is 5.02 Å². The molecule has 6 rings (SSSR count). The quantitative estimate of drug-likeness (QED) is 0.0396. The summed E-state index contributed by atoms with van der Waals surface area (Å²) in [5.41, 5.74) is 3.75. The Morgan fingerprint density at radius 3 is 1.40 bits per heavy atom. The zero-order valence-corrected chi connectivity index (χ0v) is 30.0. The summed E-state index contributed by atoms with van der Waals surface area (Å²) >= 11 is 5.88. The van der Waals surface area contributed by atoms with E-state index >= 15 is 0 Å². The Labute approximate surface area is 319 Å². The minimum atomic E-state index is -4.38. The first-order valence-electron chi connectivity index (χ1n) is 16.5. The Morgan fingerprint density at radius 1 is 0.527 bits per heavy atom. The number of phenolic OH excluding ortho intramolecular Hbond substituents is 6. The Balaban J connectivity index is 0.000000184. The number of phenols is 6. The molecule has 0 aliphatic rings. The highest BCUT2D eigenvalue weighted by Gasteiger charge is 2.30. The molecule has 0 atom stereocenters. The number of nitrogens with one attached hydrogen (secondary N) is 3. The van der Waals surface area contributed by atoms with Crippen molar-refractivity contribution < 1.29 is 48.2 Å². The minimum Gasteiger partial charge on any atom is -0.508 e. The van der Waals surface area contributed by atoms with E-state index < -0.39 is 17.6 Å². The molecule has 0 heterocycles. The maximum atomic E-state index is 13.5. The highest BCUT2D eigenvalue weighted by Crippen LogP contribution is 2.32. The zero-order chi connectivity index (χ0) is 40.1. The average Bonchev–Trinajstić information content (AvgIpc) is 3.12. The van der Waals surface area contributed by atoms with Crippen molar-refractivity contribution in [2.75, 3.05) is 16.0 Å². The molecular formula is C41H38ClF4N3O6. The van der Waals surface area contributed by atoms with Crippen molar-refractivity contribution in [3.8, 4) is 34.5 Å². The molecular weight excluding hydrogens is 742 g/mol. The van der Waals surface area contributed by atoms with E-state index in [9.17, 15) is 38.0 Å². The Bertz CT molecular complexity index is 2180. The largest absolute Gasteiger partial charge is 0.508 e. The number of benzene rings is 6. The summed E-state index contributed by atoms with van der Waals surface area (Å²) in [6.07, 6.45) is -4.38. The standard InChI is InChI=1S/C14H12F3NO2.C14H15NO2.C13H11ClFNO2/c15-14(16,17)10-3-1-2-9(6-10)8-18-12-5-4-11(19)7-13(12)20;1-10-3-2-4-11(7-10)9-15-13-6-5-12(16)8-14(13)17;14-10-2-1-3-11(15)9(10)7-16-12-5-4-8(17)6-13(12)18/h1-7,18-20H,8H2;2-8,15-17H,9H2,1H3;1-6,16-18H,7H2. The highest BCUT2D eigenvalue weighted by molar-refractivity contribution is 6.31. The lowest BCUT2D eigenvalue weighted by molar-refractivity contribution is -0.137. The van der Waals surface area contributed by atoms with E-state index in [0.29, 0.717) is 39.8 Å². The lowest BCUT2D eigenvalue weighted by Gasteiger charge is -2.11. The molecule has 0 saturated carbocycles. The molecule has 0 bridgehead atoms. The summed E-state index contributed by atoms with van der Waals surface area (Å²) in [7, 11) is 0. The van der Waals surface area contributed by atoms with Gasteiger partial charge in [-0.25, -0.2) is 4.39 Å². The topological polar surface area (TPSA) is 157 Å². The second kappa shape index (κ2) is 19.0. The van der Waals surface area contributed by atoms with Gasteiger partial charge in [0.05, 0.1) is 22.6 Å². The maximum absolute atomic E-state index is 13.5. The van der Waals surface area contributed by atoms with Gasteiger partial charge in [-0.15, -0.1) is 0 Å². The summed E-state index contributed by atoms with van der Waals surface area (Å²) in [5.74, 6) is -0.706. The summed E-state index contributed by atoms with van der Waals surface area (Å²) in [6, 6.07) is 30.1. The molecule has 14 heteroatoms. The Hall–Kier alpha value is -6.47. The number of hydrogen-bond acceptors (Lipinski definition) is 9. The first-order valence-corrected chi connectivity index (χ1v) is 16.9. The highest BCUT2D eigenvalue weighted by atomic mass is 35.5. The molecule has 0 aliphatic heterocycles. The van der Waals surface area contributed by atoms with Gasteiger partial charge in [0.2, 0.25) is 0 Å². The fourth-order valence-electron chi connectivity index (χ4n) is 4.97. The summed E-state index contributed by atoms with van der Waals surface area (Å²) < 4.78 is 51.1. The average molecular weight is 780 g/mol. The number of hydrogen-bond donors (Lipinski definition) is 9. The van der Waals surface area contributed by atoms with Crippen LogP contribution in [0.3, 0.4) is 0 Å². The molecule has 0 aromatic heterocycles. The van der Waals surface area contributed by atoms with E-state index in [1.165, 1.54) is 66.2 Å². The van der Waals surface area contributed by atoms with E-state index in [-0.39, 0.29) is 47.6 Å². The van der Waals surface area contributed by atoms with Gasteiger partial charge in [0.25, 0.3) is 0 Å². The van der Waals surface area contributed by atoms with Gasteiger partial charge in [-0.1, -0.05) is 59.6 Å². The van der Waals surface area contributed by atoms with Gasteiger partial charge < -0.3 is 46.6 Å². The third-order valence-corrected chi connectivity index (χ3v) is 8.12. The predicted octanol–water partition coefficient (Wildman–Crippen LogP) is 10.2. The number of aromatic hydroxyl groups is 6. The predicted molar refractivity (Wildman–Crippen MR) is 205 cm³/mol. The van der Waals surface area contributed by atoms with Crippen molar-refractivity contribution >= 4 is 28.7 Å². The lowest BCUT2D eigenvalue weighted by atomic mass is 10.1. The van der Waals surface area contributed by atoms with E-state index in [1.807, 2.05) is 25.1 Å². The van der Waals surface area contributed by atoms with Crippen molar-refractivity contribution in [2.24, 2.45) is 0 Å². The fourth-order valence-corrected chi connectivity index (χ4v) is 5.20. The number of rotatable bonds is 9. The van der Waals surface area contributed by atoms with Crippen LogP contribution in [0.4, 0.5) is 34.6 Å². The number of anilines is 3. The first-order chi connectivity index (χ1) is 26.1. The van der Waals surface area contributed by atoms with Gasteiger partial charge in [-0.2, -0.15) is 13.2 Å². The van der Waals surface area contributed by atoms with Crippen molar-refractivity contribution in [3.63, 3.8) is 0 Å². The van der Waals surface area contributed by atoms with Crippen LogP contribution in [0.25, 0.3) is 0 Å². The fraction of sp³-hybridized carbons (Fsp3) is 0.122.